The molecule has 0 saturated carbocycles. The van der Waals surface area contributed by atoms with Crippen LogP contribution in [0.5, 0.6) is 5.75 Å². The Bertz CT molecular complexity index is 321. The zero-order chi connectivity index (χ0) is 13.2. The fraction of sp³-hybridized carbons (Fsp3) is 0.571. The molecule has 0 atom stereocenters. The van der Waals surface area contributed by atoms with Crippen LogP contribution >= 0.6 is 7.92 Å². The number of hydrogen-bond acceptors (Lipinski definition) is 3. The number of hydrogen-bond donors (Lipinski definition) is 1. The van der Waals surface area contributed by atoms with Gasteiger partial charge in [-0.1, -0.05) is 26.1 Å². The number of benzene rings is 1. The van der Waals surface area contributed by atoms with Crippen LogP contribution in [0.4, 0.5) is 0 Å². The number of ether oxygens (including phenoxy) is 2. The van der Waals surface area contributed by atoms with E-state index < -0.39 is 7.92 Å². The van der Waals surface area contributed by atoms with E-state index in [4.69, 9.17) is 9.47 Å². The highest BCUT2D eigenvalue weighted by Crippen LogP contribution is 2.36. The first-order valence-corrected chi connectivity index (χ1v) is 8.19. The molecule has 0 amide bonds. The van der Waals surface area contributed by atoms with Crippen LogP contribution < -0.4 is 5.30 Å². The van der Waals surface area contributed by atoms with Crippen molar-refractivity contribution in [2.24, 2.45) is 0 Å². The summed E-state index contributed by atoms with van der Waals surface area (Å²) in [6.45, 7) is 7.00. The second-order valence-electron chi connectivity index (χ2n) is 3.87. The topological polar surface area (TPSA) is 38.7 Å². The SMILES string of the molecule is CCOCCP(CCOCC)c1ccccc1O. The maximum atomic E-state index is 9.93. The average Bonchev–Trinajstić information content (AvgIpc) is 2.38. The molecule has 0 heterocycles. The smallest absolute Gasteiger partial charge is 0.123 e. The van der Waals surface area contributed by atoms with Gasteiger partial charge in [0.2, 0.25) is 0 Å². The fourth-order valence-corrected chi connectivity index (χ4v) is 3.82. The first-order chi connectivity index (χ1) is 8.79. The Morgan fingerprint density at radius 2 is 1.56 bits per heavy atom. The number of phenolic OH excluding ortho intramolecular Hbond substituents is 1. The van der Waals surface area contributed by atoms with Crippen LogP contribution in [0.15, 0.2) is 24.3 Å². The molecule has 0 unspecified atom stereocenters. The van der Waals surface area contributed by atoms with E-state index in [1.807, 2.05) is 32.0 Å². The zero-order valence-corrected chi connectivity index (χ0v) is 12.2. The van der Waals surface area contributed by atoms with E-state index in [2.05, 4.69) is 0 Å². The van der Waals surface area contributed by atoms with E-state index in [1.165, 1.54) is 0 Å². The molecule has 0 aliphatic heterocycles. The Morgan fingerprint density at radius 1 is 1.00 bits per heavy atom. The maximum Gasteiger partial charge on any atom is 0.123 e. The number of rotatable bonds is 9. The summed E-state index contributed by atoms with van der Waals surface area (Å²) in [5.41, 5.74) is 0. The van der Waals surface area contributed by atoms with Crippen molar-refractivity contribution >= 4 is 13.2 Å². The summed E-state index contributed by atoms with van der Waals surface area (Å²) in [6.07, 6.45) is 1.96. The lowest BCUT2D eigenvalue weighted by atomic mass is 10.3. The Kier molecular flexibility index (Phi) is 7.99. The van der Waals surface area contributed by atoms with Crippen molar-refractivity contribution in [1.29, 1.82) is 0 Å². The molecule has 1 rings (SSSR count). The number of aromatic hydroxyl groups is 1. The monoisotopic (exact) mass is 270 g/mol. The minimum absolute atomic E-state index is 0.400. The molecule has 0 saturated heterocycles. The first-order valence-electron chi connectivity index (χ1n) is 6.48. The summed E-state index contributed by atoms with van der Waals surface area (Å²) in [7, 11) is -0.400. The van der Waals surface area contributed by atoms with Gasteiger partial charge in [0.25, 0.3) is 0 Å². The van der Waals surface area contributed by atoms with Crippen LogP contribution in [0.1, 0.15) is 13.8 Å². The number of para-hydroxylation sites is 1. The molecular formula is C14H23O3P. The van der Waals surface area contributed by atoms with Gasteiger partial charge < -0.3 is 14.6 Å². The Balaban J connectivity index is 2.60. The molecule has 1 aromatic carbocycles. The van der Waals surface area contributed by atoms with Gasteiger partial charge >= 0.3 is 0 Å². The summed E-state index contributed by atoms with van der Waals surface area (Å²) >= 11 is 0. The Labute approximate surface area is 111 Å². The normalized spacial score (nSPS) is 11.1. The van der Waals surface area contributed by atoms with Crippen molar-refractivity contribution in [1.82, 2.24) is 0 Å². The van der Waals surface area contributed by atoms with Crippen molar-refractivity contribution in [2.45, 2.75) is 13.8 Å². The summed E-state index contributed by atoms with van der Waals surface area (Å²) in [5.74, 6) is 0.400. The van der Waals surface area contributed by atoms with Gasteiger partial charge in [0, 0.05) is 18.5 Å². The van der Waals surface area contributed by atoms with Crippen LogP contribution in [-0.2, 0) is 9.47 Å². The van der Waals surface area contributed by atoms with E-state index in [1.54, 1.807) is 6.07 Å². The summed E-state index contributed by atoms with van der Waals surface area (Å²) in [4.78, 5) is 0. The largest absolute Gasteiger partial charge is 0.507 e. The lowest BCUT2D eigenvalue weighted by Gasteiger charge is -2.19. The Morgan fingerprint density at radius 3 is 2.06 bits per heavy atom. The molecule has 1 aromatic rings. The van der Waals surface area contributed by atoms with Gasteiger partial charge in [-0.15, -0.1) is 0 Å². The highest BCUT2D eigenvalue weighted by atomic mass is 31.1. The van der Waals surface area contributed by atoms with E-state index >= 15 is 0 Å². The van der Waals surface area contributed by atoms with E-state index in [0.29, 0.717) is 5.75 Å². The van der Waals surface area contributed by atoms with E-state index in [9.17, 15) is 5.11 Å². The third-order valence-electron chi connectivity index (χ3n) is 2.64. The molecule has 0 radical (unpaired) electrons. The van der Waals surface area contributed by atoms with Crippen molar-refractivity contribution in [3.63, 3.8) is 0 Å². The molecular weight excluding hydrogens is 247 g/mol. The van der Waals surface area contributed by atoms with E-state index in [-0.39, 0.29) is 0 Å². The van der Waals surface area contributed by atoms with Gasteiger partial charge in [-0.3, -0.25) is 0 Å². The second kappa shape index (κ2) is 9.32. The maximum absolute atomic E-state index is 9.93. The third kappa shape index (κ3) is 5.34. The molecule has 4 heteroatoms. The van der Waals surface area contributed by atoms with Gasteiger partial charge in [0.05, 0.1) is 13.2 Å². The van der Waals surface area contributed by atoms with Crippen molar-refractivity contribution in [3.05, 3.63) is 24.3 Å². The van der Waals surface area contributed by atoms with Crippen LogP contribution in [0.25, 0.3) is 0 Å². The van der Waals surface area contributed by atoms with Gasteiger partial charge in [-0.25, -0.2) is 0 Å². The van der Waals surface area contributed by atoms with Gasteiger partial charge in [-0.2, -0.15) is 0 Å². The van der Waals surface area contributed by atoms with Crippen molar-refractivity contribution < 1.29 is 14.6 Å². The minimum atomic E-state index is -0.400. The van der Waals surface area contributed by atoms with E-state index in [0.717, 1.165) is 44.1 Å². The standard InChI is InChI=1S/C14H23O3P/c1-3-16-9-11-18(12-10-17-4-2)14-8-6-5-7-13(14)15/h5-8,15H,3-4,9-12H2,1-2H3. The quantitative estimate of drug-likeness (QED) is 0.553. The molecule has 0 aliphatic carbocycles. The molecule has 102 valence electrons. The van der Waals surface area contributed by atoms with Crippen LogP contribution in [0, 0.1) is 0 Å². The lowest BCUT2D eigenvalue weighted by Crippen LogP contribution is -2.13. The zero-order valence-electron chi connectivity index (χ0n) is 11.3. The second-order valence-corrected chi connectivity index (χ2v) is 6.33. The van der Waals surface area contributed by atoms with Crippen LogP contribution in [0.2, 0.25) is 0 Å². The highest BCUT2D eigenvalue weighted by Gasteiger charge is 2.14. The highest BCUT2D eigenvalue weighted by molar-refractivity contribution is 7.65. The van der Waals surface area contributed by atoms with Gasteiger partial charge in [0.1, 0.15) is 5.75 Å². The Hall–Kier alpha value is -0.630. The molecule has 0 aromatic heterocycles. The summed E-state index contributed by atoms with van der Waals surface area (Å²) in [5, 5.41) is 11.0. The average molecular weight is 270 g/mol. The molecule has 0 fully saturated rings. The minimum Gasteiger partial charge on any atom is -0.507 e. The van der Waals surface area contributed by atoms with Crippen molar-refractivity contribution in [2.75, 3.05) is 38.8 Å². The first kappa shape index (κ1) is 15.4. The molecule has 3 nitrogen and oxygen atoms in total. The van der Waals surface area contributed by atoms with Crippen molar-refractivity contribution in [3.8, 4) is 5.75 Å². The molecule has 0 aliphatic rings. The number of phenols is 1. The molecule has 1 N–H and O–H groups in total. The molecule has 0 spiro atoms. The molecule has 18 heavy (non-hydrogen) atoms. The third-order valence-corrected chi connectivity index (χ3v) is 5.15. The van der Waals surface area contributed by atoms with Gasteiger partial charge in [-0.05, 0) is 32.2 Å². The van der Waals surface area contributed by atoms with Crippen LogP contribution in [-0.4, -0.2) is 43.9 Å². The predicted octanol–water partition coefficient (Wildman–Crippen LogP) is 2.57. The molecule has 0 bridgehead atoms. The summed E-state index contributed by atoms with van der Waals surface area (Å²) in [6, 6.07) is 7.61. The lowest BCUT2D eigenvalue weighted by molar-refractivity contribution is 0.160. The fourth-order valence-electron chi connectivity index (χ4n) is 1.72. The summed E-state index contributed by atoms with van der Waals surface area (Å²) < 4.78 is 10.9. The predicted molar refractivity (Wildman–Crippen MR) is 77.4 cm³/mol. The van der Waals surface area contributed by atoms with Gasteiger partial charge in [0.15, 0.2) is 0 Å². The van der Waals surface area contributed by atoms with Crippen LogP contribution in [0.3, 0.4) is 0 Å².